The lowest BCUT2D eigenvalue weighted by Gasteiger charge is -2.27. The van der Waals surface area contributed by atoms with Crippen molar-refractivity contribution in [3.63, 3.8) is 0 Å². The van der Waals surface area contributed by atoms with Crippen LogP contribution in [0.2, 0.25) is 0 Å². The van der Waals surface area contributed by atoms with Crippen molar-refractivity contribution in [1.82, 2.24) is 0 Å². The highest BCUT2D eigenvalue weighted by atomic mass is 19.1. The Kier molecular flexibility index (Phi) is 5.99. The molecule has 2 heteroatoms. The Morgan fingerprint density at radius 3 is 2.45 bits per heavy atom. The summed E-state index contributed by atoms with van der Waals surface area (Å²) in [6, 6.07) is 13.7. The van der Waals surface area contributed by atoms with Crippen molar-refractivity contribution >= 4 is 11.4 Å². The first kappa shape index (κ1) is 20.1. The topological polar surface area (TPSA) is 17.1 Å². The average Bonchev–Trinajstić information content (AvgIpc) is 3.19. The zero-order valence-corrected chi connectivity index (χ0v) is 17.6. The fraction of sp³-hybridized carbons (Fsp3) is 0.444. The van der Waals surface area contributed by atoms with Crippen molar-refractivity contribution in [2.75, 3.05) is 0 Å². The van der Waals surface area contributed by atoms with Gasteiger partial charge in [-0.05, 0) is 67.0 Å². The van der Waals surface area contributed by atoms with Gasteiger partial charge in [-0.3, -0.25) is 4.79 Å². The molecule has 0 aliphatic heterocycles. The summed E-state index contributed by atoms with van der Waals surface area (Å²) in [5.74, 6) is 0.436. The number of hydrogen-bond donors (Lipinski definition) is 0. The van der Waals surface area contributed by atoms with Crippen LogP contribution in [-0.2, 0) is 11.2 Å². The lowest BCUT2D eigenvalue weighted by Crippen LogP contribution is -2.27. The molecule has 1 nitrogen and oxygen atoms in total. The van der Waals surface area contributed by atoms with Crippen LogP contribution in [0.25, 0.3) is 5.57 Å². The number of ketones is 1. The molecule has 2 aromatic carbocycles. The zero-order valence-electron chi connectivity index (χ0n) is 17.6. The lowest BCUT2D eigenvalue weighted by molar-refractivity contribution is -0.126. The highest BCUT2D eigenvalue weighted by Gasteiger charge is 2.38. The predicted octanol–water partition coefficient (Wildman–Crippen LogP) is 7.03. The second-order valence-corrected chi connectivity index (χ2v) is 8.83. The minimum atomic E-state index is -0.189. The van der Waals surface area contributed by atoms with Gasteiger partial charge in [-0.25, -0.2) is 4.39 Å². The molecule has 1 saturated carbocycles. The molecule has 0 N–H and O–H groups in total. The minimum Gasteiger partial charge on any atom is -0.299 e. The number of hydrogen-bond acceptors (Lipinski definition) is 1. The van der Waals surface area contributed by atoms with E-state index in [1.54, 1.807) is 12.1 Å². The third-order valence-corrected chi connectivity index (χ3v) is 6.90. The van der Waals surface area contributed by atoms with Gasteiger partial charge in [-0.1, -0.05) is 68.2 Å². The summed E-state index contributed by atoms with van der Waals surface area (Å²) in [4.78, 5) is 13.6. The van der Waals surface area contributed by atoms with Crippen LogP contribution in [0.5, 0.6) is 0 Å². The first-order valence-corrected chi connectivity index (χ1v) is 11.2. The molecule has 0 amide bonds. The Bertz CT molecular complexity index is 903. The molecule has 4 rings (SSSR count). The van der Waals surface area contributed by atoms with E-state index in [0.717, 1.165) is 36.8 Å². The highest BCUT2D eigenvalue weighted by molar-refractivity contribution is 5.90. The molecule has 0 saturated heterocycles. The number of carbonyl (C=O) groups is 1. The second-order valence-electron chi connectivity index (χ2n) is 8.83. The number of allylic oxidation sites excluding steroid dienone is 2. The fourth-order valence-electron chi connectivity index (χ4n) is 5.23. The number of halogens is 1. The van der Waals surface area contributed by atoms with E-state index in [4.69, 9.17) is 0 Å². The monoisotopic (exact) mass is 390 g/mol. The van der Waals surface area contributed by atoms with E-state index in [9.17, 15) is 9.18 Å². The highest BCUT2D eigenvalue weighted by Crippen LogP contribution is 2.46. The molecule has 152 valence electrons. The molecule has 2 aliphatic carbocycles. The largest absolute Gasteiger partial charge is 0.299 e. The molecule has 1 fully saturated rings. The van der Waals surface area contributed by atoms with Gasteiger partial charge in [0.2, 0.25) is 0 Å². The van der Waals surface area contributed by atoms with E-state index in [2.05, 4.69) is 44.2 Å². The average molecular weight is 391 g/mol. The fourth-order valence-corrected chi connectivity index (χ4v) is 5.23. The van der Waals surface area contributed by atoms with Gasteiger partial charge in [0.05, 0.1) is 0 Å². The van der Waals surface area contributed by atoms with Crippen LogP contribution in [0.3, 0.4) is 0 Å². The van der Waals surface area contributed by atoms with Gasteiger partial charge in [0, 0.05) is 17.8 Å². The molecular weight excluding hydrogens is 359 g/mol. The van der Waals surface area contributed by atoms with Crippen molar-refractivity contribution < 1.29 is 9.18 Å². The Hall–Kier alpha value is -2.22. The van der Waals surface area contributed by atoms with Gasteiger partial charge in [-0.2, -0.15) is 0 Å². The van der Waals surface area contributed by atoms with Crippen molar-refractivity contribution in [2.45, 2.75) is 64.7 Å². The van der Waals surface area contributed by atoms with E-state index in [0.29, 0.717) is 5.78 Å². The first-order valence-electron chi connectivity index (χ1n) is 11.2. The van der Waals surface area contributed by atoms with Crippen molar-refractivity contribution in [3.8, 4) is 0 Å². The molecule has 2 unspecified atom stereocenters. The van der Waals surface area contributed by atoms with Crippen molar-refractivity contribution in [3.05, 3.63) is 76.6 Å². The van der Waals surface area contributed by atoms with E-state index >= 15 is 0 Å². The normalized spacial score (nSPS) is 22.5. The molecule has 0 heterocycles. The molecule has 0 radical (unpaired) electrons. The van der Waals surface area contributed by atoms with Crippen molar-refractivity contribution in [1.29, 1.82) is 0 Å². The van der Waals surface area contributed by atoms with Gasteiger partial charge < -0.3 is 0 Å². The lowest BCUT2D eigenvalue weighted by atomic mass is 9.75. The van der Waals surface area contributed by atoms with Gasteiger partial charge in [-0.15, -0.1) is 0 Å². The number of rotatable bonds is 5. The Balaban J connectivity index is 1.71. The van der Waals surface area contributed by atoms with E-state index in [-0.39, 0.29) is 23.6 Å². The van der Waals surface area contributed by atoms with Crippen molar-refractivity contribution in [2.24, 2.45) is 11.8 Å². The summed E-state index contributed by atoms with van der Waals surface area (Å²) < 4.78 is 13.9. The third-order valence-electron chi connectivity index (χ3n) is 6.90. The molecule has 0 bridgehead atoms. The Labute approximate surface area is 174 Å². The summed E-state index contributed by atoms with van der Waals surface area (Å²) in [6.07, 6.45) is 9.51. The van der Waals surface area contributed by atoms with E-state index < -0.39 is 0 Å². The van der Waals surface area contributed by atoms with E-state index in [1.165, 1.54) is 36.0 Å². The van der Waals surface area contributed by atoms with Gasteiger partial charge in [0.25, 0.3) is 0 Å². The molecule has 2 aliphatic rings. The molecular formula is C27H31FO. The standard InChI is InChI=1S/C27H31FO/c1-3-19-15-23(28)13-14-24(19)25-16-22(20-11-9-18(2)10-12-20)17-26(25)27(29)21-7-5-4-6-8-21/h9-15,17,21,25-26H,3-8,16H2,1-2H3. The molecule has 2 aromatic rings. The number of carbonyl (C=O) groups excluding carboxylic acids is 1. The summed E-state index contributed by atoms with van der Waals surface area (Å²) in [6.45, 7) is 4.16. The van der Waals surface area contributed by atoms with Crippen LogP contribution < -0.4 is 0 Å². The first-order chi connectivity index (χ1) is 14.1. The van der Waals surface area contributed by atoms with Crippen LogP contribution in [0, 0.1) is 24.6 Å². The summed E-state index contributed by atoms with van der Waals surface area (Å²) in [5.41, 5.74) is 5.90. The molecule has 0 spiro atoms. The number of aryl methyl sites for hydroxylation is 2. The van der Waals surface area contributed by atoms with E-state index in [1.807, 2.05) is 6.07 Å². The molecule has 2 atom stereocenters. The summed E-state index contributed by atoms with van der Waals surface area (Å²) in [5, 5.41) is 0. The molecule has 29 heavy (non-hydrogen) atoms. The predicted molar refractivity (Wildman–Crippen MR) is 117 cm³/mol. The van der Waals surface area contributed by atoms with Gasteiger partial charge in [0.15, 0.2) is 0 Å². The van der Waals surface area contributed by atoms with Crippen LogP contribution in [0.4, 0.5) is 4.39 Å². The number of benzene rings is 2. The number of Topliss-reactive ketones (excluding diaryl/α,β-unsaturated/α-hetero) is 1. The van der Waals surface area contributed by atoms with Crippen LogP contribution in [-0.4, -0.2) is 5.78 Å². The minimum absolute atomic E-state index is 0.0924. The maximum atomic E-state index is 13.9. The Morgan fingerprint density at radius 2 is 1.76 bits per heavy atom. The maximum absolute atomic E-state index is 13.9. The smallest absolute Gasteiger partial charge is 0.143 e. The third kappa shape index (κ3) is 4.22. The van der Waals surface area contributed by atoms with Crippen LogP contribution >= 0.6 is 0 Å². The maximum Gasteiger partial charge on any atom is 0.143 e. The van der Waals surface area contributed by atoms with Crippen LogP contribution in [0.15, 0.2) is 48.5 Å². The van der Waals surface area contributed by atoms with Gasteiger partial charge >= 0.3 is 0 Å². The zero-order chi connectivity index (χ0) is 20.4. The molecule has 0 aromatic heterocycles. The summed E-state index contributed by atoms with van der Waals surface area (Å²) >= 11 is 0. The second kappa shape index (κ2) is 8.65. The SMILES string of the molecule is CCc1cc(F)ccc1C1CC(c2ccc(C)cc2)=CC1C(=O)C1CCCCC1. The Morgan fingerprint density at radius 1 is 1.03 bits per heavy atom. The summed E-state index contributed by atoms with van der Waals surface area (Å²) in [7, 11) is 0. The quantitative estimate of drug-likeness (QED) is 0.535. The van der Waals surface area contributed by atoms with Gasteiger partial charge in [0.1, 0.15) is 11.6 Å². The van der Waals surface area contributed by atoms with Crippen LogP contribution in [0.1, 0.15) is 73.6 Å².